The molecule has 1 rings (SSSR count). The zero-order valence-electron chi connectivity index (χ0n) is 10.1. The Morgan fingerprint density at radius 2 is 2.06 bits per heavy atom. The van der Waals surface area contributed by atoms with Gasteiger partial charge in [-0.05, 0) is 25.5 Å². The van der Waals surface area contributed by atoms with Gasteiger partial charge in [-0.1, -0.05) is 13.8 Å². The molecule has 1 aromatic rings. The smallest absolute Gasteiger partial charge is 0.224 e. The maximum absolute atomic E-state index is 11.6. The third-order valence-corrected chi connectivity index (χ3v) is 3.93. The summed E-state index contributed by atoms with van der Waals surface area (Å²) in [7, 11) is 0. The Kier molecular flexibility index (Phi) is 4.96. The van der Waals surface area contributed by atoms with Gasteiger partial charge in [-0.2, -0.15) is 0 Å². The van der Waals surface area contributed by atoms with Gasteiger partial charge in [0.2, 0.25) is 5.91 Å². The van der Waals surface area contributed by atoms with Gasteiger partial charge in [0, 0.05) is 21.7 Å². The van der Waals surface area contributed by atoms with Crippen LogP contribution in [0.4, 0.5) is 0 Å². The molecule has 2 atom stereocenters. The second-order valence-electron chi connectivity index (χ2n) is 4.09. The lowest BCUT2D eigenvalue weighted by Gasteiger charge is -2.14. The maximum atomic E-state index is 11.6. The standard InChI is InChI=1S/C12H20N2OS/c1-4-10-5-6-11(16-10)7-14-12(15)8(2)9(3)13/h5-6,8-9H,4,7,13H2,1-3H3,(H,14,15). The summed E-state index contributed by atoms with van der Waals surface area (Å²) in [5, 5.41) is 2.91. The molecule has 16 heavy (non-hydrogen) atoms. The van der Waals surface area contributed by atoms with Gasteiger partial charge in [0.1, 0.15) is 0 Å². The fraction of sp³-hybridized carbons (Fsp3) is 0.583. The van der Waals surface area contributed by atoms with Crippen molar-refractivity contribution in [2.24, 2.45) is 11.7 Å². The van der Waals surface area contributed by atoms with Crippen molar-refractivity contribution in [3.05, 3.63) is 21.9 Å². The van der Waals surface area contributed by atoms with Gasteiger partial charge >= 0.3 is 0 Å². The molecule has 2 unspecified atom stereocenters. The minimum Gasteiger partial charge on any atom is -0.351 e. The van der Waals surface area contributed by atoms with Crippen LogP contribution in [0.2, 0.25) is 0 Å². The predicted octanol–water partition coefficient (Wildman–Crippen LogP) is 1.91. The van der Waals surface area contributed by atoms with E-state index in [1.807, 2.05) is 13.8 Å². The summed E-state index contributed by atoms with van der Waals surface area (Å²) in [5.74, 6) is -0.105. The Labute approximate surface area is 101 Å². The minimum absolute atomic E-state index is 0.0291. The van der Waals surface area contributed by atoms with Crippen LogP contribution in [0.3, 0.4) is 0 Å². The topological polar surface area (TPSA) is 55.1 Å². The van der Waals surface area contributed by atoms with Crippen LogP contribution >= 0.6 is 11.3 Å². The molecule has 0 saturated carbocycles. The number of carbonyl (C=O) groups excluding carboxylic acids is 1. The quantitative estimate of drug-likeness (QED) is 0.826. The molecular weight excluding hydrogens is 220 g/mol. The number of aryl methyl sites for hydroxylation is 1. The average molecular weight is 240 g/mol. The molecule has 0 aliphatic carbocycles. The van der Waals surface area contributed by atoms with E-state index in [0.29, 0.717) is 6.54 Å². The van der Waals surface area contributed by atoms with Gasteiger partial charge in [-0.15, -0.1) is 11.3 Å². The van der Waals surface area contributed by atoms with Crippen LogP contribution in [0.25, 0.3) is 0 Å². The van der Waals surface area contributed by atoms with E-state index in [2.05, 4.69) is 24.4 Å². The Bertz CT molecular complexity index is 347. The van der Waals surface area contributed by atoms with Crippen LogP contribution in [0, 0.1) is 5.92 Å². The van der Waals surface area contributed by atoms with Crippen molar-refractivity contribution < 1.29 is 4.79 Å². The zero-order chi connectivity index (χ0) is 12.1. The summed E-state index contributed by atoms with van der Waals surface area (Å²) >= 11 is 1.75. The molecule has 3 N–H and O–H groups in total. The molecule has 3 nitrogen and oxygen atoms in total. The zero-order valence-corrected chi connectivity index (χ0v) is 10.9. The van der Waals surface area contributed by atoms with E-state index in [9.17, 15) is 4.79 Å². The van der Waals surface area contributed by atoms with Crippen molar-refractivity contribution in [2.75, 3.05) is 0 Å². The van der Waals surface area contributed by atoms with E-state index in [-0.39, 0.29) is 17.9 Å². The van der Waals surface area contributed by atoms with Crippen molar-refractivity contribution in [3.8, 4) is 0 Å². The van der Waals surface area contributed by atoms with Gasteiger partial charge in [-0.3, -0.25) is 4.79 Å². The molecule has 0 fully saturated rings. The number of thiophene rings is 1. The highest BCUT2D eigenvalue weighted by atomic mass is 32.1. The maximum Gasteiger partial charge on any atom is 0.224 e. The number of hydrogen-bond donors (Lipinski definition) is 2. The molecule has 0 aliphatic heterocycles. The monoisotopic (exact) mass is 240 g/mol. The van der Waals surface area contributed by atoms with E-state index in [0.717, 1.165) is 6.42 Å². The average Bonchev–Trinajstić information content (AvgIpc) is 2.72. The number of rotatable bonds is 5. The van der Waals surface area contributed by atoms with Crippen molar-refractivity contribution in [1.82, 2.24) is 5.32 Å². The van der Waals surface area contributed by atoms with Crippen molar-refractivity contribution in [1.29, 1.82) is 0 Å². The molecule has 0 bridgehead atoms. The van der Waals surface area contributed by atoms with E-state index >= 15 is 0 Å². The first-order valence-electron chi connectivity index (χ1n) is 5.65. The number of nitrogens with one attached hydrogen (secondary N) is 1. The molecule has 90 valence electrons. The lowest BCUT2D eigenvalue weighted by atomic mass is 10.0. The molecule has 0 aliphatic rings. The molecule has 1 heterocycles. The van der Waals surface area contributed by atoms with Crippen LogP contribution in [-0.2, 0) is 17.8 Å². The molecule has 0 aromatic carbocycles. The first-order valence-corrected chi connectivity index (χ1v) is 6.47. The first-order chi connectivity index (χ1) is 7.54. The van der Waals surface area contributed by atoms with E-state index in [4.69, 9.17) is 5.73 Å². The van der Waals surface area contributed by atoms with Gasteiger partial charge < -0.3 is 11.1 Å². The number of hydrogen-bond acceptors (Lipinski definition) is 3. The van der Waals surface area contributed by atoms with Crippen LogP contribution in [0.1, 0.15) is 30.5 Å². The molecule has 1 amide bonds. The van der Waals surface area contributed by atoms with Crippen LogP contribution in [0.15, 0.2) is 12.1 Å². The lowest BCUT2D eigenvalue weighted by Crippen LogP contribution is -2.38. The number of carbonyl (C=O) groups is 1. The van der Waals surface area contributed by atoms with Crippen molar-refractivity contribution in [3.63, 3.8) is 0 Å². The molecule has 1 aromatic heterocycles. The second kappa shape index (κ2) is 6.01. The summed E-state index contributed by atoms with van der Waals surface area (Å²) in [4.78, 5) is 14.2. The molecule has 0 radical (unpaired) electrons. The fourth-order valence-corrected chi connectivity index (χ4v) is 2.18. The summed E-state index contributed by atoms with van der Waals surface area (Å²) in [5.41, 5.74) is 5.67. The molecule has 0 saturated heterocycles. The summed E-state index contributed by atoms with van der Waals surface area (Å²) in [6.45, 7) is 6.45. The lowest BCUT2D eigenvalue weighted by molar-refractivity contribution is -0.125. The predicted molar refractivity (Wildman–Crippen MR) is 68.4 cm³/mol. The number of nitrogens with two attached hydrogens (primary N) is 1. The molecular formula is C12H20N2OS. The van der Waals surface area contributed by atoms with E-state index in [1.54, 1.807) is 11.3 Å². The van der Waals surface area contributed by atoms with Crippen LogP contribution in [0.5, 0.6) is 0 Å². The normalized spacial score (nSPS) is 14.5. The van der Waals surface area contributed by atoms with Gasteiger partial charge in [0.25, 0.3) is 0 Å². The third-order valence-electron chi connectivity index (χ3n) is 2.70. The highest BCUT2D eigenvalue weighted by molar-refractivity contribution is 7.11. The Morgan fingerprint density at radius 1 is 1.44 bits per heavy atom. The Morgan fingerprint density at radius 3 is 2.56 bits per heavy atom. The number of amides is 1. The summed E-state index contributed by atoms with van der Waals surface area (Å²) in [6, 6.07) is 4.08. The van der Waals surface area contributed by atoms with Gasteiger partial charge in [0.05, 0.1) is 6.54 Å². The summed E-state index contributed by atoms with van der Waals surface area (Å²) in [6.07, 6.45) is 1.05. The Hall–Kier alpha value is -0.870. The third kappa shape index (κ3) is 3.61. The van der Waals surface area contributed by atoms with Crippen molar-refractivity contribution in [2.45, 2.75) is 39.8 Å². The van der Waals surface area contributed by atoms with Gasteiger partial charge in [-0.25, -0.2) is 0 Å². The fourth-order valence-electron chi connectivity index (χ4n) is 1.28. The highest BCUT2D eigenvalue weighted by Crippen LogP contribution is 2.16. The Balaban J connectivity index is 2.42. The minimum atomic E-state index is -0.134. The molecule has 0 spiro atoms. The van der Waals surface area contributed by atoms with Crippen LogP contribution in [-0.4, -0.2) is 11.9 Å². The molecule has 4 heteroatoms. The van der Waals surface area contributed by atoms with Crippen LogP contribution < -0.4 is 11.1 Å². The highest BCUT2D eigenvalue weighted by Gasteiger charge is 2.16. The van der Waals surface area contributed by atoms with Crippen molar-refractivity contribution >= 4 is 17.2 Å². The van der Waals surface area contributed by atoms with Gasteiger partial charge in [0.15, 0.2) is 0 Å². The van der Waals surface area contributed by atoms with E-state index in [1.165, 1.54) is 9.75 Å². The SMILES string of the molecule is CCc1ccc(CNC(=O)C(C)C(C)N)s1. The first kappa shape index (κ1) is 13.2. The second-order valence-corrected chi connectivity index (χ2v) is 5.34. The van der Waals surface area contributed by atoms with E-state index < -0.39 is 0 Å². The largest absolute Gasteiger partial charge is 0.351 e. The summed E-state index contributed by atoms with van der Waals surface area (Å²) < 4.78 is 0.